The van der Waals surface area contributed by atoms with Crippen molar-refractivity contribution in [3.63, 3.8) is 0 Å². The molecule has 0 saturated carbocycles. The van der Waals surface area contributed by atoms with Crippen LogP contribution in [-0.2, 0) is 0 Å². The van der Waals surface area contributed by atoms with E-state index in [4.69, 9.17) is 10.3 Å². The van der Waals surface area contributed by atoms with Crippen molar-refractivity contribution in [2.45, 2.75) is 39.7 Å². The van der Waals surface area contributed by atoms with Crippen molar-refractivity contribution < 1.29 is 4.52 Å². The van der Waals surface area contributed by atoms with Gasteiger partial charge in [-0.15, -0.1) is 0 Å². The maximum atomic E-state index is 6.21. The van der Waals surface area contributed by atoms with E-state index in [2.05, 4.69) is 28.3 Å². The minimum Gasteiger partial charge on any atom is -0.339 e. The average Bonchev–Trinajstić information content (AvgIpc) is 2.81. The van der Waals surface area contributed by atoms with Crippen molar-refractivity contribution in [3.05, 3.63) is 46.6 Å². The Morgan fingerprint density at radius 1 is 1.22 bits per heavy atom. The molecule has 18 heavy (non-hydrogen) atoms. The van der Waals surface area contributed by atoms with Gasteiger partial charge in [0.15, 0.2) is 5.82 Å². The first-order valence-corrected chi connectivity index (χ1v) is 6.15. The number of aromatic nitrogens is 2. The summed E-state index contributed by atoms with van der Waals surface area (Å²) in [4.78, 5) is 4.35. The first-order chi connectivity index (χ1) is 8.49. The Bertz CT molecular complexity index is 546. The number of aryl methyl sites for hydroxylation is 2. The van der Waals surface area contributed by atoms with Crippen molar-refractivity contribution in [3.8, 4) is 0 Å². The summed E-state index contributed by atoms with van der Waals surface area (Å²) in [5, 5.41) is 3.97. The summed E-state index contributed by atoms with van der Waals surface area (Å²) in [6.07, 6.45) is 0. The molecule has 96 valence electrons. The average molecular weight is 245 g/mol. The Morgan fingerprint density at radius 2 is 1.94 bits per heavy atom. The second kappa shape index (κ2) is 4.90. The van der Waals surface area contributed by atoms with E-state index in [0.29, 0.717) is 11.7 Å². The number of hydrogen-bond donors (Lipinski definition) is 1. The largest absolute Gasteiger partial charge is 0.339 e. The van der Waals surface area contributed by atoms with Crippen LogP contribution in [0.1, 0.15) is 54.2 Å². The van der Waals surface area contributed by atoms with Gasteiger partial charge in [-0.1, -0.05) is 42.8 Å². The van der Waals surface area contributed by atoms with Crippen molar-refractivity contribution in [1.29, 1.82) is 0 Å². The molecule has 0 aliphatic heterocycles. The van der Waals surface area contributed by atoms with Gasteiger partial charge in [-0.05, 0) is 25.0 Å². The summed E-state index contributed by atoms with van der Waals surface area (Å²) < 4.78 is 5.20. The topological polar surface area (TPSA) is 64.9 Å². The number of rotatable bonds is 3. The summed E-state index contributed by atoms with van der Waals surface area (Å²) in [5.41, 5.74) is 9.58. The maximum absolute atomic E-state index is 6.21. The van der Waals surface area contributed by atoms with E-state index in [1.165, 1.54) is 5.56 Å². The Morgan fingerprint density at radius 3 is 2.56 bits per heavy atom. The predicted molar refractivity (Wildman–Crippen MR) is 70.3 cm³/mol. The van der Waals surface area contributed by atoms with E-state index in [9.17, 15) is 0 Å². The van der Waals surface area contributed by atoms with Crippen LogP contribution in [0.3, 0.4) is 0 Å². The van der Waals surface area contributed by atoms with E-state index >= 15 is 0 Å². The van der Waals surface area contributed by atoms with Crippen molar-refractivity contribution in [1.82, 2.24) is 10.1 Å². The van der Waals surface area contributed by atoms with E-state index in [1.807, 2.05) is 27.7 Å². The van der Waals surface area contributed by atoms with Crippen LogP contribution in [0.5, 0.6) is 0 Å². The molecule has 1 heterocycles. The van der Waals surface area contributed by atoms with Gasteiger partial charge in [-0.3, -0.25) is 0 Å². The van der Waals surface area contributed by atoms with Gasteiger partial charge < -0.3 is 10.3 Å². The molecule has 2 N–H and O–H groups in total. The monoisotopic (exact) mass is 245 g/mol. The van der Waals surface area contributed by atoms with Gasteiger partial charge in [0.25, 0.3) is 0 Å². The summed E-state index contributed by atoms with van der Waals surface area (Å²) in [6.45, 7) is 8.12. The first kappa shape index (κ1) is 12.8. The molecule has 4 heteroatoms. The van der Waals surface area contributed by atoms with E-state index in [1.54, 1.807) is 0 Å². The lowest BCUT2D eigenvalue weighted by Gasteiger charge is -2.11. The zero-order valence-corrected chi connectivity index (χ0v) is 11.3. The lowest BCUT2D eigenvalue weighted by Crippen LogP contribution is -2.15. The van der Waals surface area contributed by atoms with Gasteiger partial charge in [0.05, 0.1) is 6.04 Å². The second-order valence-corrected chi connectivity index (χ2v) is 4.98. The molecule has 0 radical (unpaired) electrons. The molecule has 0 aliphatic carbocycles. The fraction of sp³-hybridized carbons (Fsp3) is 0.429. The molecule has 2 rings (SSSR count). The Labute approximate surface area is 107 Å². The summed E-state index contributed by atoms with van der Waals surface area (Å²) in [7, 11) is 0. The normalized spacial score (nSPS) is 13.0. The minimum absolute atomic E-state index is 0.219. The number of nitrogens with two attached hydrogens (primary N) is 1. The number of hydrogen-bond acceptors (Lipinski definition) is 4. The third-order valence-electron chi connectivity index (χ3n) is 3.00. The summed E-state index contributed by atoms with van der Waals surface area (Å²) >= 11 is 0. The van der Waals surface area contributed by atoms with Crippen LogP contribution < -0.4 is 5.73 Å². The zero-order chi connectivity index (χ0) is 13.3. The predicted octanol–water partition coefficient (Wildman–Crippen LogP) is 2.86. The van der Waals surface area contributed by atoms with Crippen LogP contribution in [-0.4, -0.2) is 10.1 Å². The number of benzene rings is 1. The lowest BCUT2D eigenvalue weighted by molar-refractivity contribution is 0.359. The molecule has 1 atom stereocenters. The molecule has 1 aromatic heterocycles. The molecule has 2 aromatic rings. The lowest BCUT2D eigenvalue weighted by atomic mass is 9.99. The van der Waals surface area contributed by atoms with E-state index < -0.39 is 0 Å². The van der Waals surface area contributed by atoms with Gasteiger partial charge in [-0.2, -0.15) is 4.98 Å². The molecular formula is C14H19N3O. The van der Waals surface area contributed by atoms with Crippen LogP contribution in [0.25, 0.3) is 0 Å². The molecule has 0 amide bonds. The second-order valence-electron chi connectivity index (χ2n) is 4.98. The van der Waals surface area contributed by atoms with Gasteiger partial charge in [0.2, 0.25) is 5.89 Å². The molecule has 1 aromatic carbocycles. The Balaban J connectivity index is 2.34. The summed E-state index contributed by atoms with van der Waals surface area (Å²) in [6, 6.07) is 5.88. The molecule has 0 bridgehead atoms. The number of nitrogens with zero attached hydrogens (tertiary/aromatic N) is 2. The highest BCUT2D eigenvalue weighted by atomic mass is 16.5. The van der Waals surface area contributed by atoms with Crippen molar-refractivity contribution in [2.24, 2.45) is 5.73 Å². The van der Waals surface area contributed by atoms with Crippen LogP contribution in [0.4, 0.5) is 0 Å². The molecule has 0 spiro atoms. The van der Waals surface area contributed by atoms with Crippen LogP contribution in [0.15, 0.2) is 22.7 Å². The van der Waals surface area contributed by atoms with Crippen LogP contribution >= 0.6 is 0 Å². The third-order valence-corrected chi connectivity index (χ3v) is 3.00. The Hall–Kier alpha value is -1.68. The fourth-order valence-electron chi connectivity index (χ4n) is 1.84. The highest BCUT2D eigenvalue weighted by molar-refractivity contribution is 5.35. The molecule has 0 saturated heterocycles. The van der Waals surface area contributed by atoms with E-state index in [0.717, 1.165) is 11.1 Å². The van der Waals surface area contributed by atoms with Gasteiger partial charge >= 0.3 is 0 Å². The standard InChI is InChI=1S/C14H19N3O/c1-8(2)14-16-13(17-18-14)12(15)11-7-9(3)5-6-10(11)4/h5-8,12H,15H2,1-4H3. The Kier molecular flexibility index (Phi) is 3.48. The van der Waals surface area contributed by atoms with Gasteiger partial charge in [0, 0.05) is 5.92 Å². The fourth-order valence-corrected chi connectivity index (χ4v) is 1.84. The van der Waals surface area contributed by atoms with Crippen molar-refractivity contribution >= 4 is 0 Å². The SMILES string of the molecule is Cc1ccc(C)c(C(N)c2noc(C(C)C)n2)c1. The molecule has 0 aliphatic rings. The highest BCUT2D eigenvalue weighted by Gasteiger charge is 2.19. The summed E-state index contributed by atoms with van der Waals surface area (Å²) in [5.74, 6) is 1.40. The van der Waals surface area contributed by atoms with Gasteiger partial charge in [0.1, 0.15) is 0 Å². The quantitative estimate of drug-likeness (QED) is 0.903. The van der Waals surface area contributed by atoms with Crippen molar-refractivity contribution in [2.75, 3.05) is 0 Å². The molecule has 4 nitrogen and oxygen atoms in total. The zero-order valence-electron chi connectivity index (χ0n) is 11.3. The maximum Gasteiger partial charge on any atom is 0.229 e. The smallest absolute Gasteiger partial charge is 0.229 e. The van der Waals surface area contributed by atoms with E-state index in [-0.39, 0.29) is 12.0 Å². The van der Waals surface area contributed by atoms with Gasteiger partial charge in [-0.25, -0.2) is 0 Å². The molecular weight excluding hydrogens is 226 g/mol. The molecule has 0 fully saturated rings. The van der Waals surface area contributed by atoms with Crippen LogP contribution in [0.2, 0.25) is 0 Å². The minimum atomic E-state index is -0.332. The first-order valence-electron chi connectivity index (χ1n) is 6.15. The highest BCUT2D eigenvalue weighted by Crippen LogP contribution is 2.23. The third kappa shape index (κ3) is 2.43. The molecule has 1 unspecified atom stereocenters. The van der Waals surface area contributed by atoms with Crippen LogP contribution in [0, 0.1) is 13.8 Å².